The van der Waals surface area contributed by atoms with Gasteiger partial charge in [0.05, 0.1) is 37.2 Å². The van der Waals surface area contributed by atoms with Crippen molar-refractivity contribution < 1.29 is 14.3 Å². The van der Waals surface area contributed by atoms with Crippen molar-refractivity contribution in [2.24, 2.45) is 5.41 Å². The van der Waals surface area contributed by atoms with Gasteiger partial charge in [0, 0.05) is 0 Å². The monoisotopic (exact) mass is 328 g/mol. The van der Waals surface area contributed by atoms with Crippen LogP contribution >= 0.6 is 0 Å². The molecule has 0 aliphatic carbocycles. The van der Waals surface area contributed by atoms with Crippen LogP contribution in [0.3, 0.4) is 0 Å². The minimum Gasteiger partial charge on any atom is -0.460 e. The van der Waals surface area contributed by atoms with E-state index >= 15 is 0 Å². The molecule has 0 N–H and O–H groups in total. The van der Waals surface area contributed by atoms with Crippen molar-refractivity contribution in [1.82, 2.24) is 9.55 Å². The number of nitrogens with zero attached hydrogens (tertiary/aromatic N) is 2. The smallest absolute Gasteiger partial charge is 0.356 e. The van der Waals surface area contributed by atoms with Gasteiger partial charge >= 0.3 is 5.97 Å². The first-order chi connectivity index (χ1) is 11.7. The molecule has 1 atom stereocenters. The zero-order valence-corrected chi connectivity index (χ0v) is 14.3. The van der Waals surface area contributed by atoms with Crippen molar-refractivity contribution in [3.63, 3.8) is 0 Å². The maximum Gasteiger partial charge on any atom is 0.356 e. The van der Waals surface area contributed by atoms with Crippen LogP contribution in [0.25, 0.3) is 0 Å². The summed E-state index contributed by atoms with van der Waals surface area (Å²) in [6.45, 7) is 5.94. The Morgan fingerprint density at radius 1 is 1.38 bits per heavy atom. The number of carbonyl (C=O) groups is 1. The van der Waals surface area contributed by atoms with Crippen molar-refractivity contribution in [3.8, 4) is 0 Å². The number of carbonyl (C=O) groups excluding carboxylic acids is 1. The van der Waals surface area contributed by atoms with Crippen LogP contribution in [0.1, 0.15) is 48.8 Å². The number of benzene rings is 1. The van der Waals surface area contributed by atoms with E-state index in [0.29, 0.717) is 25.5 Å². The Bertz CT molecular complexity index is 677. The molecule has 1 aromatic heterocycles. The fourth-order valence-electron chi connectivity index (χ4n) is 3.18. The fraction of sp³-hybridized carbons (Fsp3) is 0.474. The van der Waals surface area contributed by atoms with E-state index in [1.165, 1.54) is 0 Å². The number of esters is 1. The summed E-state index contributed by atoms with van der Waals surface area (Å²) >= 11 is 0. The van der Waals surface area contributed by atoms with E-state index in [1.807, 2.05) is 41.8 Å². The van der Waals surface area contributed by atoms with E-state index in [1.54, 1.807) is 12.5 Å². The van der Waals surface area contributed by atoms with Gasteiger partial charge in [-0.3, -0.25) is 0 Å². The predicted octanol–water partition coefficient (Wildman–Crippen LogP) is 3.47. The van der Waals surface area contributed by atoms with Gasteiger partial charge in [0.2, 0.25) is 0 Å². The molecule has 1 fully saturated rings. The number of hydrogen-bond acceptors (Lipinski definition) is 4. The lowest BCUT2D eigenvalue weighted by Crippen LogP contribution is -2.46. The summed E-state index contributed by atoms with van der Waals surface area (Å²) in [5, 5.41) is 0. The third-order valence-corrected chi connectivity index (χ3v) is 4.68. The third-order valence-electron chi connectivity index (χ3n) is 4.68. The maximum absolute atomic E-state index is 12.5. The Kier molecular flexibility index (Phi) is 5.00. The Labute approximate surface area is 142 Å². The van der Waals surface area contributed by atoms with E-state index in [4.69, 9.17) is 9.47 Å². The van der Waals surface area contributed by atoms with Crippen molar-refractivity contribution in [3.05, 3.63) is 54.1 Å². The Morgan fingerprint density at radius 2 is 2.12 bits per heavy atom. The lowest BCUT2D eigenvalue weighted by molar-refractivity contribution is -0.142. The summed E-state index contributed by atoms with van der Waals surface area (Å²) in [5.41, 5.74) is 1.61. The van der Waals surface area contributed by atoms with Crippen molar-refractivity contribution in [2.75, 3.05) is 19.8 Å². The molecule has 2 aromatic rings. The third kappa shape index (κ3) is 3.36. The van der Waals surface area contributed by atoms with Gasteiger partial charge in [-0.2, -0.15) is 0 Å². The summed E-state index contributed by atoms with van der Waals surface area (Å²) in [6, 6.07) is 10.1. The van der Waals surface area contributed by atoms with Crippen LogP contribution in [0.4, 0.5) is 0 Å². The lowest BCUT2D eigenvalue weighted by Gasteiger charge is -2.40. The molecule has 1 aliphatic heterocycles. The minimum atomic E-state index is -0.322. The van der Waals surface area contributed by atoms with Crippen LogP contribution in [-0.2, 0) is 9.47 Å². The van der Waals surface area contributed by atoms with Gasteiger partial charge in [-0.15, -0.1) is 0 Å². The van der Waals surface area contributed by atoms with Gasteiger partial charge in [-0.05, 0) is 18.9 Å². The van der Waals surface area contributed by atoms with Crippen molar-refractivity contribution in [1.29, 1.82) is 0 Å². The van der Waals surface area contributed by atoms with Crippen LogP contribution in [0, 0.1) is 5.41 Å². The Morgan fingerprint density at radius 3 is 2.75 bits per heavy atom. The second-order valence-corrected chi connectivity index (χ2v) is 6.59. The molecular formula is C19H24N2O3. The van der Waals surface area contributed by atoms with Gasteiger partial charge < -0.3 is 14.0 Å². The first kappa shape index (κ1) is 16.7. The summed E-state index contributed by atoms with van der Waals surface area (Å²) in [4.78, 5) is 16.7. The highest BCUT2D eigenvalue weighted by Gasteiger charge is 2.39. The summed E-state index contributed by atoms with van der Waals surface area (Å²) in [7, 11) is 0. The van der Waals surface area contributed by atoms with E-state index < -0.39 is 0 Å². The molecule has 5 heteroatoms. The average molecular weight is 328 g/mol. The molecule has 3 rings (SSSR count). The number of aromatic nitrogens is 2. The number of imidazole rings is 1. The van der Waals surface area contributed by atoms with Crippen molar-refractivity contribution >= 4 is 5.97 Å². The Hall–Kier alpha value is -2.14. The van der Waals surface area contributed by atoms with Crippen LogP contribution < -0.4 is 0 Å². The zero-order chi connectivity index (χ0) is 17.0. The summed E-state index contributed by atoms with van der Waals surface area (Å²) in [6.07, 6.45) is 5.33. The van der Waals surface area contributed by atoms with Gasteiger partial charge in [0.25, 0.3) is 0 Å². The Balaban J connectivity index is 1.69. The molecule has 0 amide bonds. The highest BCUT2D eigenvalue weighted by molar-refractivity contribution is 5.87. The van der Waals surface area contributed by atoms with E-state index in [2.05, 4.69) is 11.9 Å². The molecule has 0 spiro atoms. The maximum atomic E-state index is 12.5. The standard InChI is InChI=1S/C19H24N2O3/c1-3-9-19(11-23-12-19)13-24-18(22)17-10-20-14-21(17)15(2)16-7-5-4-6-8-16/h4-8,10,14-15H,3,9,11-13H2,1-2H3. The molecule has 1 saturated heterocycles. The van der Waals surface area contributed by atoms with Gasteiger partial charge in [-0.25, -0.2) is 9.78 Å². The lowest BCUT2D eigenvalue weighted by atomic mass is 9.82. The highest BCUT2D eigenvalue weighted by Crippen LogP contribution is 2.33. The second-order valence-electron chi connectivity index (χ2n) is 6.59. The van der Waals surface area contributed by atoms with Gasteiger partial charge in [0.15, 0.2) is 0 Å². The van der Waals surface area contributed by atoms with E-state index in [0.717, 1.165) is 18.4 Å². The van der Waals surface area contributed by atoms with Crippen LogP contribution in [0.15, 0.2) is 42.9 Å². The summed E-state index contributed by atoms with van der Waals surface area (Å²) < 4.78 is 12.8. The van der Waals surface area contributed by atoms with Gasteiger partial charge in [-0.1, -0.05) is 43.7 Å². The normalized spacial score (nSPS) is 17.1. The molecule has 0 bridgehead atoms. The number of hydrogen-bond donors (Lipinski definition) is 0. The first-order valence-corrected chi connectivity index (χ1v) is 8.47. The zero-order valence-electron chi connectivity index (χ0n) is 14.3. The molecule has 0 saturated carbocycles. The van der Waals surface area contributed by atoms with Crippen LogP contribution in [0.5, 0.6) is 0 Å². The molecule has 5 nitrogen and oxygen atoms in total. The molecule has 128 valence electrons. The average Bonchev–Trinajstić information content (AvgIpc) is 3.06. The van der Waals surface area contributed by atoms with Crippen molar-refractivity contribution in [2.45, 2.75) is 32.7 Å². The fourth-order valence-corrected chi connectivity index (χ4v) is 3.18. The van der Waals surface area contributed by atoms with E-state index in [-0.39, 0.29) is 17.4 Å². The first-order valence-electron chi connectivity index (χ1n) is 8.47. The number of rotatable bonds is 7. The molecule has 1 aromatic carbocycles. The largest absolute Gasteiger partial charge is 0.460 e. The molecule has 1 aliphatic rings. The SMILES string of the molecule is CCCC1(COC(=O)c2cncn2C(C)c2ccccc2)COC1. The minimum absolute atomic E-state index is 0.000305. The van der Waals surface area contributed by atoms with Gasteiger partial charge in [0.1, 0.15) is 12.3 Å². The van der Waals surface area contributed by atoms with E-state index in [9.17, 15) is 4.79 Å². The molecular weight excluding hydrogens is 304 g/mol. The molecule has 0 radical (unpaired) electrons. The highest BCUT2D eigenvalue weighted by atomic mass is 16.5. The molecule has 24 heavy (non-hydrogen) atoms. The predicted molar refractivity (Wildman–Crippen MR) is 90.9 cm³/mol. The van der Waals surface area contributed by atoms with Crippen LogP contribution in [-0.4, -0.2) is 35.3 Å². The quantitative estimate of drug-likeness (QED) is 0.730. The molecule has 2 heterocycles. The number of ether oxygens (including phenoxy) is 2. The second kappa shape index (κ2) is 7.18. The topological polar surface area (TPSA) is 53.3 Å². The molecule has 1 unspecified atom stereocenters. The summed E-state index contributed by atoms with van der Waals surface area (Å²) in [5.74, 6) is -0.322. The van der Waals surface area contributed by atoms with Crippen LogP contribution in [0.2, 0.25) is 0 Å².